The van der Waals surface area contributed by atoms with Crippen molar-refractivity contribution >= 4 is 0 Å². The summed E-state index contributed by atoms with van der Waals surface area (Å²) in [5, 5.41) is 3.34. The van der Waals surface area contributed by atoms with Crippen LogP contribution in [0.25, 0.3) is 11.3 Å². The molecule has 130 valence electrons. The van der Waals surface area contributed by atoms with Gasteiger partial charge in [0.25, 0.3) is 0 Å². The first-order valence-corrected chi connectivity index (χ1v) is 7.98. The minimum atomic E-state index is -4.36. The zero-order valence-electron chi connectivity index (χ0n) is 13.7. The van der Waals surface area contributed by atoms with Crippen LogP contribution in [0.2, 0.25) is 0 Å². The van der Waals surface area contributed by atoms with Gasteiger partial charge in [-0.3, -0.25) is 0 Å². The summed E-state index contributed by atoms with van der Waals surface area (Å²) in [5.41, 5.74) is 0.892. The van der Waals surface area contributed by atoms with Gasteiger partial charge in [-0.1, -0.05) is 42.5 Å². The molecule has 0 aliphatic carbocycles. The van der Waals surface area contributed by atoms with Crippen LogP contribution in [-0.2, 0) is 12.7 Å². The number of nitrogens with one attached hydrogen (secondary N) is 1. The second-order valence-electron chi connectivity index (χ2n) is 5.86. The van der Waals surface area contributed by atoms with Gasteiger partial charge in [-0.25, -0.2) is 0 Å². The predicted molar refractivity (Wildman–Crippen MR) is 90.8 cm³/mol. The Morgan fingerprint density at radius 1 is 0.960 bits per heavy atom. The molecule has 0 bridgehead atoms. The molecule has 0 fully saturated rings. The third-order valence-electron chi connectivity index (χ3n) is 4.02. The van der Waals surface area contributed by atoms with Gasteiger partial charge in [0, 0.05) is 11.6 Å². The van der Waals surface area contributed by atoms with E-state index in [2.05, 4.69) is 5.32 Å². The third-order valence-corrected chi connectivity index (χ3v) is 4.02. The lowest BCUT2D eigenvalue weighted by Crippen LogP contribution is -2.17. The minimum absolute atomic E-state index is 0.142. The van der Waals surface area contributed by atoms with Crippen molar-refractivity contribution in [1.29, 1.82) is 0 Å². The first-order chi connectivity index (χ1) is 11.9. The number of alkyl halides is 3. The molecule has 2 aromatic carbocycles. The second-order valence-corrected chi connectivity index (χ2v) is 5.86. The van der Waals surface area contributed by atoms with Gasteiger partial charge in [0.15, 0.2) is 0 Å². The third kappa shape index (κ3) is 4.31. The van der Waals surface area contributed by atoms with Gasteiger partial charge < -0.3 is 9.73 Å². The molecule has 0 aliphatic rings. The van der Waals surface area contributed by atoms with Crippen molar-refractivity contribution in [2.24, 2.45) is 0 Å². The molecule has 3 aromatic rings. The van der Waals surface area contributed by atoms with Crippen LogP contribution in [0.5, 0.6) is 0 Å². The molecule has 3 rings (SSSR count). The molecular weight excluding hydrogens is 327 g/mol. The van der Waals surface area contributed by atoms with Crippen LogP contribution in [0.3, 0.4) is 0 Å². The number of hydrogen-bond acceptors (Lipinski definition) is 2. The molecule has 0 radical (unpaired) electrons. The highest BCUT2D eigenvalue weighted by Gasteiger charge is 2.30. The summed E-state index contributed by atoms with van der Waals surface area (Å²) in [6.45, 7) is 2.54. The summed E-state index contributed by atoms with van der Waals surface area (Å²) in [4.78, 5) is 0. The van der Waals surface area contributed by atoms with Crippen molar-refractivity contribution in [2.45, 2.75) is 25.7 Å². The van der Waals surface area contributed by atoms with Crippen LogP contribution in [0, 0.1) is 0 Å². The molecule has 0 saturated heterocycles. The fraction of sp³-hybridized carbons (Fsp3) is 0.200. The molecule has 1 unspecified atom stereocenters. The number of halogens is 3. The molecule has 0 amide bonds. The quantitative estimate of drug-likeness (QED) is 0.631. The highest BCUT2D eigenvalue weighted by atomic mass is 19.4. The van der Waals surface area contributed by atoms with Crippen molar-refractivity contribution in [3.8, 4) is 11.3 Å². The Hall–Kier alpha value is -2.53. The monoisotopic (exact) mass is 345 g/mol. The normalized spacial score (nSPS) is 13.0. The zero-order chi connectivity index (χ0) is 17.9. The van der Waals surface area contributed by atoms with Crippen molar-refractivity contribution in [2.75, 3.05) is 0 Å². The lowest BCUT2D eigenvalue weighted by Gasteiger charge is -2.13. The van der Waals surface area contributed by atoms with Gasteiger partial charge in [0.1, 0.15) is 11.5 Å². The highest BCUT2D eigenvalue weighted by molar-refractivity contribution is 5.58. The zero-order valence-corrected chi connectivity index (χ0v) is 13.7. The summed E-state index contributed by atoms with van der Waals surface area (Å²) in [5.74, 6) is 1.10. The number of furan rings is 1. The lowest BCUT2D eigenvalue weighted by atomic mass is 10.1. The Labute approximate surface area is 144 Å². The van der Waals surface area contributed by atoms with Crippen molar-refractivity contribution < 1.29 is 17.6 Å². The fourth-order valence-electron chi connectivity index (χ4n) is 2.59. The Balaban J connectivity index is 1.69. The van der Waals surface area contributed by atoms with E-state index in [-0.39, 0.29) is 6.04 Å². The molecular formula is C20H18F3NO. The van der Waals surface area contributed by atoms with E-state index in [1.807, 2.05) is 37.3 Å². The van der Waals surface area contributed by atoms with Crippen LogP contribution in [-0.4, -0.2) is 0 Å². The average molecular weight is 345 g/mol. The summed E-state index contributed by atoms with van der Waals surface area (Å²) < 4.78 is 44.2. The maximum atomic E-state index is 12.8. The standard InChI is InChI=1S/C20H18F3NO/c1-14(15-6-3-2-4-7-15)24-13-18-10-11-19(25-18)16-8-5-9-17(12-16)20(21,22)23/h2-12,14,24H,13H2,1H3. The van der Waals surface area contributed by atoms with E-state index in [9.17, 15) is 13.2 Å². The van der Waals surface area contributed by atoms with E-state index in [0.717, 1.165) is 17.7 Å². The maximum absolute atomic E-state index is 12.8. The molecule has 25 heavy (non-hydrogen) atoms. The molecule has 1 heterocycles. The van der Waals surface area contributed by atoms with Crippen molar-refractivity contribution in [3.05, 3.63) is 83.6 Å². The van der Waals surface area contributed by atoms with E-state index < -0.39 is 11.7 Å². The predicted octanol–water partition coefficient (Wildman–Crippen LogP) is 5.82. The summed E-state index contributed by atoms with van der Waals surface area (Å²) >= 11 is 0. The minimum Gasteiger partial charge on any atom is -0.460 e. The summed E-state index contributed by atoms with van der Waals surface area (Å²) in [7, 11) is 0. The average Bonchev–Trinajstić information content (AvgIpc) is 3.09. The van der Waals surface area contributed by atoms with Crippen molar-refractivity contribution in [1.82, 2.24) is 5.32 Å². The van der Waals surface area contributed by atoms with E-state index >= 15 is 0 Å². The topological polar surface area (TPSA) is 25.2 Å². The molecule has 1 N–H and O–H groups in total. The Kier molecular flexibility index (Phi) is 4.95. The highest BCUT2D eigenvalue weighted by Crippen LogP contribution is 2.32. The van der Waals surface area contributed by atoms with Crippen LogP contribution >= 0.6 is 0 Å². The Morgan fingerprint density at radius 2 is 1.72 bits per heavy atom. The molecule has 1 atom stereocenters. The van der Waals surface area contributed by atoms with Crippen LogP contribution in [0.15, 0.2) is 71.1 Å². The number of hydrogen-bond donors (Lipinski definition) is 1. The second kappa shape index (κ2) is 7.15. The SMILES string of the molecule is CC(NCc1ccc(-c2cccc(C(F)(F)F)c2)o1)c1ccccc1. The maximum Gasteiger partial charge on any atom is 0.416 e. The first-order valence-electron chi connectivity index (χ1n) is 7.98. The van der Waals surface area contributed by atoms with Gasteiger partial charge in [0.2, 0.25) is 0 Å². The Bertz CT molecular complexity index is 824. The largest absolute Gasteiger partial charge is 0.460 e. The van der Waals surface area contributed by atoms with E-state index in [0.29, 0.717) is 23.6 Å². The van der Waals surface area contributed by atoms with Crippen LogP contribution in [0.4, 0.5) is 13.2 Å². The smallest absolute Gasteiger partial charge is 0.416 e. The molecule has 0 saturated carbocycles. The fourth-order valence-corrected chi connectivity index (χ4v) is 2.59. The van der Waals surface area contributed by atoms with E-state index in [4.69, 9.17) is 4.42 Å². The van der Waals surface area contributed by atoms with Gasteiger partial charge in [-0.15, -0.1) is 0 Å². The molecule has 0 aliphatic heterocycles. The molecule has 1 aromatic heterocycles. The number of benzene rings is 2. The van der Waals surface area contributed by atoms with Gasteiger partial charge in [-0.05, 0) is 36.8 Å². The summed E-state index contributed by atoms with van der Waals surface area (Å²) in [6, 6.07) is 18.8. The Morgan fingerprint density at radius 3 is 2.44 bits per heavy atom. The molecule has 2 nitrogen and oxygen atoms in total. The molecule has 0 spiro atoms. The van der Waals surface area contributed by atoms with Gasteiger partial charge >= 0.3 is 6.18 Å². The van der Waals surface area contributed by atoms with E-state index in [1.165, 1.54) is 6.07 Å². The van der Waals surface area contributed by atoms with Crippen molar-refractivity contribution in [3.63, 3.8) is 0 Å². The number of rotatable bonds is 5. The van der Waals surface area contributed by atoms with Crippen LogP contribution < -0.4 is 5.32 Å². The van der Waals surface area contributed by atoms with Gasteiger partial charge in [0.05, 0.1) is 12.1 Å². The lowest BCUT2D eigenvalue weighted by molar-refractivity contribution is -0.137. The van der Waals surface area contributed by atoms with E-state index in [1.54, 1.807) is 18.2 Å². The van der Waals surface area contributed by atoms with Crippen LogP contribution in [0.1, 0.15) is 29.9 Å². The first kappa shape index (κ1) is 17.3. The summed E-state index contributed by atoms with van der Waals surface area (Å²) in [6.07, 6.45) is -4.36. The van der Waals surface area contributed by atoms with Gasteiger partial charge in [-0.2, -0.15) is 13.2 Å². The molecule has 5 heteroatoms.